The maximum atomic E-state index is 3.08. The number of hydrogen-bond donors (Lipinski definition) is 0. The summed E-state index contributed by atoms with van der Waals surface area (Å²) in [6.45, 7) is 0. The van der Waals surface area contributed by atoms with E-state index in [-0.39, 0.29) is 0 Å². The van der Waals surface area contributed by atoms with Crippen LogP contribution in [0.4, 0.5) is 0 Å². The largest absolute Gasteiger partial charge is 0.238 e. The van der Waals surface area contributed by atoms with Gasteiger partial charge in [-0.05, 0) is 12.3 Å². The van der Waals surface area contributed by atoms with Crippen molar-refractivity contribution in [3.05, 3.63) is 24.4 Å². The summed E-state index contributed by atoms with van der Waals surface area (Å²) in [5.74, 6) is 0. The van der Waals surface area contributed by atoms with E-state index in [2.05, 4.69) is 4.98 Å². The minimum absolute atomic E-state index is 1.20. The number of thioether (sulfide) groups is 1. The van der Waals surface area contributed by atoms with Crippen LogP contribution in [0.15, 0.2) is 29.4 Å². The molecule has 0 unspecified atom stereocenters. The highest BCUT2D eigenvalue weighted by Gasteiger charge is 1.90. The van der Waals surface area contributed by atoms with Gasteiger partial charge in [0.2, 0.25) is 5.03 Å². The lowest BCUT2D eigenvalue weighted by molar-refractivity contribution is -0.426. The van der Waals surface area contributed by atoms with Crippen LogP contribution >= 0.6 is 11.8 Å². The lowest BCUT2D eigenvalue weighted by atomic mass is 10.5. The van der Waals surface area contributed by atoms with Crippen LogP contribution in [0.2, 0.25) is 0 Å². The minimum Gasteiger partial charge on any atom is -0.206 e. The van der Waals surface area contributed by atoms with Crippen LogP contribution in [0.25, 0.3) is 0 Å². The molecule has 1 aromatic heterocycles. The van der Waals surface area contributed by atoms with E-state index in [1.54, 1.807) is 11.8 Å². The van der Waals surface area contributed by atoms with E-state index in [9.17, 15) is 0 Å². The zero-order valence-corrected chi connectivity index (χ0v) is 5.53. The van der Waals surface area contributed by atoms with Gasteiger partial charge in [0.15, 0.2) is 6.20 Å². The fourth-order valence-electron chi connectivity index (χ4n) is 0.504. The quantitative estimate of drug-likeness (QED) is 0.516. The molecule has 1 aromatic rings. The first-order valence-electron chi connectivity index (χ1n) is 2.44. The Kier molecular flexibility index (Phi) is 1.92. The number of aromatic amines is 1. The Balaban J connectivity index is 2.83. The van der Waals surface area contributed by atoms with Gasteiger partial charge in [0.05, 0.1) is 0 Å². The average molecular weight is 126 g/mol. The number of H-pyrrole nitrogens is 1. The first-order valence-corrected chi connectivity index (χ1v) is 3.66. The topological polar surface area (TPSA) is 14.1 Å². The molecule has 1 nitrogen and oxygen atoms in total. The van der Waals surface area contributed by atoms with Crippen molar-refractivity contribution in [2.45, 2.75) is 5.03 Å². The van der Waals surface area contributed by atoms with Gasteiger partial charge >= 0.3 is 0 Å². The maximum absolute atomic E-state index is 3.08. The molecule has 0 saturated heterocycles. The number of aromatic nitrogens is 1. The van der Waals surface area contributed by atoms with Crippen LogP contribution in [-0.2, 0) is 0 Å². The van der Waals surface area contributed by atoms with Gasteiger partial charge in [0.1, 0.15) is 0 Å². The van der Waals surface area contributed by atoms with E-state index < -0.39 is 0 Å². The van der Waals surface area contributed by atoms with Crippen molar-refractivity contribution in [3.8, 4) is 0 Å². The molecule has 1 heterocycles. The molecule has 0 aromatic carbocycles. The lowest BCUT2D eigenvalue weighted by Crippen LogP contribution is -2.01. The van der Waals surface area contributed by atoms with Gasteiger partial charge in [-0.25, -0.2) is 4.98 Å². The summed E-state index contributed by atoms with van der Waals surface area (Å²) < 4.78 is 0. The standard InChI is InChI=1S/C6H7NS/c1-8-6-4-2-3-5-7-6/h2-5H,1H3/p+1. The molecule has 0 radical (unpaired) electrons. The van der Waals surface area contributed by atoms with Crippen molar-refractivity contribution in [2.75, 3.05) is 6.26 Å². The van der Waals surface area contributed by atoms with Gasteiger partial charge < -0.3 is 0 Å². The molecule has 1 rings (SSSR count). The molecule has 0 amide bonds. The zero-order chi connectivity index (χ0) is 5.82. The third kappa shape index (κ3) is 1.23. The van der Waals surface area contributed by atoms with Gasteiger partial charge in [-0.1, -0.05) is 11.8 Å². The average Bonchev–Trinajstić information content (AvgIpc) is 1.90. The summed E-state index contributed by atoms with van der Waals surface area (Å²) >= 11 is 1.71. The molecule has 0 spiro atoms. The maximum Gasteiger partial charge on any atom is 0.238 e. The smallest absolute Gasteiger partial charge is 0.206 e. The lowest BCUT2D eigenvalue weighted by Gasteiger charge is -1.80. The van der Waals surface area contributed by atoms with Crippen LogP contribution in [-0.4, -0.2) is 6.26 Å². The molecule has 0 fully saturated rings. The number of nitrogens with one attached hydrogen (secondary N) is 1. The molecule has 8 heavy (non-hydrogen) atoms. The van der Waals surface area contributed by atoms with Crippen LogP contribution in [0.3, 0.4) is 0 Å². The second-order valence-corrected chi connectivity index (χ2v) is 2.28. The summed E-state index contributed by atoms with van der Waals surface area (Å²) in [7, 11) is 0. The van der Waals surface area contributed by atoms with E-state index >= 15 is 0 Å². The highest BCUT2D eigenvalue weighted by Crippen LogP contribution is 2.03. The Morgan fingerprint density at radius 1 is 1.50 bits per heavy atom. The Morgan fingerprint density at radius 2 is 2.38 bits per heavy atom. The third-order valence-corrected chi connectivity index (χ3v) is 1.59. The van der Waals surface area contributed by atoms with E-state index in [0.717, 1.165) is 0 Å². The Labute approximate surface area is 53.1 Å². The molecule has 42 valence electrons. The molecule has 0 bridgehead atoms. The Hall–Kier alpha value is -0.500. The van der Waals surface area contributed by atoms with Gasteiger partial charge in [-0.3, -0.25) is 0 Å². The van der Waals surface area contributed by atoms with Crippen LogP contribution in [0, 0.1) is 0 Å². The van der Waals surface area contributed by atoms with E-state index in [1.807, 2.05) is 30.7 Å². The number of pyridine rings is 1. The molecular formula is C6H8NS+. The van der Waals surface area contributed by atoms with E-state index in [0.29, 0.717) is 0 Å². The normalized spacial score (nSPS) is 9.12. The molecule has 0 aliphatic rings. The van der Waals surface area contributed by atoms with Crippen molar-refractivity contribution < 1.29 is 4.98 Å². The van der Waals surface area contributed by atoms with Gasteiger partial charge in [-0.2, -0.15) is 0 Å². The minimum atomic E-state index is 1.20. The monoisotopic (exact) mass is 126 g/mol. The van der Waals surface area contributed by atoms with E-state index in [1.165, 1.54) is 5.03 Å². The second-order valence-electron chi connectivity index (χ2n) is 1.43. The second kappa shape index (κ2) is 2.72. The highest BCUT2D eigenvalue weighted by atomic mass is 32.2. The molecular weight excluding hydrogens is 118 g/mol. The molecule has 0 saturated carbocycles. The zero-order valence-electron chi connectivity index (χ0n) is 4.72. The van der Waals surface area contributed by atoms with Crippen molar-refractivity contribution in [3.63, 3.8) is 0 Å². The summed E-state index contributed by atoms with van der Waals surface area (Å²) in [4.78, 5) is 3.08. The third-order valence-electron chi connectivity index (χ3n) is 0.900. The van der Waals surface area contributed by atoms with Crippen LogP contribution < -0.4 is 4.98 Å². The van der Waals surface area contributed by atoms with Gasteiger partial charge in [0, 0.05) is 12.1 Å². The van der Waals surface area contributed by atoms with E-state index in [4.69, 9.17) is 0 Å². The summed E-state index contributed by atoms with van der Waals surface area (Å²) in [6, 6.07) is 6.03. The summed E-state index contributed by atoms with van der Waals surface area (Å²) in [5, 5.41) is 1.20. The molecule has 1 N–H and O–H groups in total. The van der Waals surface area contributed by atoms with Gasteiger partial charge in [-0.15, -0.1) is 0 Å². The number of hydrogen-bond acceptors (Lipinski definition) is 1. The first-order chi connectivity index (χ1) is 3.93. The molecule has 0 aliphatic heterocycles. The van der Waals surface area contributed by atoms with Crippen molar-refractivity contribution in [2.24, 2.45) is 0 Å². The Bertz CT molecular complexity index is 150. The highest BCUT2D eigenvalue weighted by molar-refractivity contribution is 7.98. The SMILES string of the molecule is CSc1cccc[nH+]1. The predicted octanol–water partition coefficient (Wildman–Crippen LogP) is 1.22. The van der Waals surface area contributed by atoms with Crippen molar-refractivity contribution >= 4 is 11.8 Å². The predicted molar refractivity (Wildman–Crippen MR) is 34.8 cm³/mol. The first kappa shape index (κ1) is 5.63. The van der Waals surface area contributed by atoms with Crippen molar-refractivity contribution in [1.82, 2.24) is 0 Å². The summed E-state index contributed by atoms with van der Waals surface area (Å²) in [5.41, 5.74) is 0. The van der Waals surface area contributed by atoms with Crippen LogP contribution in [0.5, 0.6) is 0 Å². The van der Waals surface area contributed by atoms with Crippen LogP contribution in [0.1, 0.15) is 0 Å². The fraction of sp³-hybridized carbons (Fsp3) is 0.167. The molecule has 0 atom stereocenters. The number of rotatable bonds is 1. The summed E-state index contributed by atoms with van der Waals surface area (Å²) in [6.07, 6.45) is 3.97. The van der Waals surface area contributed by atoms with Crippen molar-refractivity contribution in [1.29, 1.82) is 0 Å². The molecule has 0 aliphatic carbocycles. The molecule has 2 heteroatoms. The Morgan fingerprint density at radius 3 is 2.75 bits per heavy atom. The fourth-order valence-corrected chi connectivity index (χ4v) is 0.904. The van der Waals surface area contributed by atoms with Gasteiger partial charge in [0.25, 0.3) is 0 Å².